The molecule has 2 aromatic carbocycles. The maximum absolute atomic E-state index is 9.33. The van der Waals surface area contributed by atoms with Gasteiger partial charge in [-0.25, -0.2) is 0 Å². The van der Waals surface area contributed by atoms with Crippen LogP contribution in [0.5, 0.6) is 0 Å². The lowest BCUT2D eigenvalue weighted by molar-refractivity contribution is 0.281. The highest BCUT2D eigenvalue weighted by molar-refractivity contribution is 7.22. The minimum absolute atomic E-state index is 0.102. The van der Waals surface area contributed by atoms with Crippen molar-refractivity contribution in [1.29, 1.82) is 0 Å². The number of aryl methyl sites for hydroxylation is 1. The van der Waals surface area contributed by atoms with Gasteiger partial charge in [0.1, 0.15) is 0 Å². The summed E-state index contributed by atoms with van der Waals surface area (Å²) in [5, 5.41) is 10.6. The molecule has 0 fully saturated rings. The first-order valence-electron chi connectivity index (χ1n) is 5.97. The van der Waals surface area contributed by atoms with Crippen LogP contribution in [0.25, 0.3) is 20.5 Å². The Kier molecular flexibility index (Phi) is 2.90. The van der Waals surface area contributed by atoms with Gasteiger partial charge in [-0.15, -0.1) is 11.3 Å². The molecule has 3 aromatic rings. The maximum Gasteiger partial charge on any atom is 0.0684 e. The van der Waals surface area contributed by atoms with E-state index in [9.17, 15) is 5.11 Å². The molecule has 0 aliphatic carbocycles. The van der Waals surface area contributed by atoms with Gasteiger partial charge in [0.2, 0.25) is 0 Å². The minimum Gasteiger partial charge on any atom is -0.392 e. The summed E-state index contributed by atoms with van der Waals surface area (Å²) >= 11 is 1.79. The molecule has 0 radical (unpaired) electrons. The Morgan fingerprint density at radius 2 is 1.89 bits per heavy atom. The van der Waals surface area contributed by atoms with Crippen LogP contribution in [0, 0.1) is 6.92 Å². The van der Waals surface area contributed by atoms with Gasteiger partial charge in [-0.3, -0.25) is 0 Å². The Labute approximate surface area is 110 Å². The zero-order valence-electron chi connectivity index (χ0n) is 10.2. The fraction of sp³-hybridized carbons (Fsp3) is 0.125. The third-order valence-corrected chi connectivity index (χ3v) is 4.39. The molecule has 1 heterocycles. The van der Waals surface area contributed by atoms with E-state index in [0.29, 0.717) is 0 Å². The lowest BCUT2D eigenvalue weighted by Gasteiger charge is -2.04. The van der Waals surface area contributed by atoms with E-state index in [1.54, 1.807) is 11.3 Å². The monoisotopic (exact) mass is 254 g/mol. The van der Waals surface area contributed by atoms with Gasteiger partial charge in [0.05, 0.1) is 6.61 Å². The van der Waals surface area contributed by atoms with E-state index in [0.717, 1.165) is 11.1 Å². The van der Waals surface area contributed by atoms with E-state index in [1.807, 2.05) is 6.92 Å². The molecule has 1 N–H and O–H groups in total. The molecule has 0 aliphatic heterocycles. The first-order chi connectivity index (χ1) is 8.78. The van der Waals surface area contributed by atoms with Crippen molar-refractivity contribution in [3.63, 3.8) is 0 Å². The fourth-order valence-electron chi connectivity index (χ4n) is 2.12. The lowest BCUT2D eigenvalue weighted by atomic mass is 10.0. The Morgan fingerprint density at radius 3 is 2.67 bits per heavy atom. The summed E-state index contributed by atoms with van der Waals surface area (Å²) in [6, 6.07) is 16.9. The Bertz CT molecular complexity index is 664. The zero-order valence-corrected chi connectivity index (χ0v) is 11.0. The minimum atomic E-state index is 0.102. The second-order valence-electron chi connectivity index (χ2n) is 4.45. The largest absolute Gasteiger partial charge is 0.392 e. The van der Waals surface area contributed by atoms with Crippen molar-refractivity contribution in [2.75, 3.05) is 0 Å². The SMILES string of the molecule is Cc1ccc(-c2cc3ccccc3s2)cc1CO. The molecule has 0 saturated heterocycles. The summed E-state index contributed by atoms with van der Waals surface area (Å²) in [4.78, 5) is 1.26. The lowest BCUT2D eigenvalue weighted by Crippen LogP contribution is -1.88. The van der Waals surface area contributed by atoms with Gasteiger partial charge < -0.3 is 5.11 Å². The molecule has 0 saturated carbocycles. The van der Waals surface area contributed by atoms with Gasteiger partial charge in [-0.05, 0) is 47.2 Å². The summed E-state index contributed by atoms with van der Waals surface area (Å²) in [7, 11) is 0. The fourth-order valence-corrected chi connectivity index (χ4v) is 3.18. The highest BCUT2D eigenvalue weighted by atomic mass is 32.1. The number of hydrogen-bond acceptors (Lipinski definition) is 2. The number of aliphatic hydroxyl groups excluding tert-OH is 1. The van der Waals surface area contributed by atoms with Crippen LogP contribution in [0.2, 0.25) is 0 Å². The third-order valence-electron chi connectivity index (χ3n) is 3.23. The van der Waals surface area contributed by atoms with Crippen LogP contribution in [0.15, 0.2) is 48.5 Å². The van der Waals surface area contributed by atoms with E-state index in [4.69, 9.17) is 0 Å². The number of hydrogen-bond donors (Lipinski definition) is 1. The van der Waals surface area contributed by atoms with Gasteiger partial charge in [-0.2, -0.15) is 0 Å². The van der Waals surface area contributed by atoms with Crippen molar-refractivity contribution in [3.05, 3.63) is 59.7 Å². The predicted octanol–water partition coefficient (Wildman–Crippen LogP) is 4.37. The standard InChI is InChI=1S/C16H14OS/c1-11-6-7-13(8-14(11)10-17)16-9-12-4-2-3-5-15(12)18-16/h2-9,17H,10H2,1H3. The number of fused-ring (bicyclic) bond motifs is 1. The maximum atomic E-state index is 9.33. The molecule has 0 bridgehead atoms. The second kappa shape index (κ2) is 4.56. The molecule has 0 amide bonds. The van der Waals surface area contributed by atoms with Crippen LogP contribution in [0.1, 0.15) is 11.1 Å². The normalized spacial score (nSPS) is 11.0. The zero-order chi connectivity index (χ0) is 12.5. The van der Waals surface area contributed by atoms with Gasteiger partial charge in [0.25, 0.3) is 0 Å². The molecule has 1 nitrogen and oxygen atoms in total. The van der Waals surface area contributed by atoms with E-state index in [-0.39, 0.29) is 6.61 Å². The smallest absolute Gasteiger partial charge is 0.0684 e. The highest BCUT2D eigenvalue weighted by Gasteiger charge is 2.05. The predicted molar refractivity (Wildman–Crippen MR) is 77.9 cm³/mol. The van der Waals surface area contributed by atoms with Gasteiger partial charge in [0.15, 0.2) is 0 Å². The summed E-state index contributed by atoms with van der Waals surface area (Å²) in [5.41, 5.74) is 3.33. The van der Waals surface area contributed by atoms with Crippen molar-refractivity contribution in [2.24, 2.45) is 0 Å². The number of benzene rings is 2. The number of aliphatic hydroxyl groups is 1. The number of rotatable bonds is 2. The van der Waals surface area contributed by atoms with Crippen molar-refractivity contribution in [1.82, 2.24) is 0 Å². The first-order valence-corrected chi connectivity index (χ1v) is 6.79. The van der Waals surface area contributed by atoms with Gasteiger partial charge in [-0.1, -0.05) is 30.3 Å². The Morgan fingerprint density at radius 1 is 1.06 bits per heavy atom. The molecule has 1 aromatic heterocycles. The van der Waals surface area contributed by atoms with E-state index < -0.39 is 0 Å². The van der Waals surface area contributed by atoms with E-state index in [2.05, 4.69) is 48.5 Å². The quantitative estimate of drug-likeness (QED) is 0.720. The van der Waals surface area contributed by atoms with Crippen molar-refractivity contribution >= 4 is 21.4 Å². The molecular formula is C16H14OS. The molecule has 3 rings (SSSR count). The van der Waals surface area contributed by atoms with Crippen LogP contribution in [0.3, 0.4) is 0 Å². The number of thiophene rings is 1. The van der Waals surface area contributed by atoms with Crippen molar-refractivity contribution < 1.29 is 5.11 Å². The second-order valence-corrected chi connectivity index (χ2v) is 5.53. The average Bonchev–Trinajstić information content (AvgIpc) is 2.83. The van der Waals surface area contributed by atoms with Crippen molar-refractivity contribution in [3.8, 4) is 10.4 Å². The van der Waals surface area contributed by atoms with E-state index >= 15 is 0 Å². The van der Waals surface area contributed by atoms with Crippen LogP contribution in [-0.2, 0) is 6.61 Å². The summed E-state index contributed by atoms with van der Waals surface area (Å²) in [6.07, 6.45) is 0. The summed E-state index contributed by atoms with van der Waals surface area (Å²) in [6.45, 7) is 2.13. The molecule has 18 heavy (non-hydrogen) atoms. The van der Waals surface area contributed by atoms with Crippen LogP contribution in [-0.4, -0.2) is 5.11 Å². The summed E-state index contributed by atoms with van der Waals surface area (Å²) in [5.74, 6) is 0. The van der Waals surface area contributed by atoms with Crippen LogP contribution >= 0.6 is 11.3 Å². The average molecular weight is 254 g/mol. The van der Waals surface area contributed by atoms with Crippen LogP contribution in [0.4, 0.5) is 0 Å². The van der Waals surface area contributed by atoms with E-state index in [1.165, 1.54) is 20.5 Å². The topological polar surface area (TPSA) is 20.2 Å². The summed E-state index contributed by atoms with van der Waals surface area (Å²) < 4.78 is 1.30. The Hall–Kier alpha value is -1.64. The third kappa shape index (κ3) is 1.94. The highest BCUT2D eigenvalue weighted by Crippen LogP contribution is 2.34. The first kappa shape index (κ1) is 11.5. The molecule has 0 aliphatic rings. The molecule has 0 unspecified atom stereocenters. The van der Waals surface area contributed by atoms with Crippen LogP contribution < -0.4 is 0 Å². The Balaban J connectivity index is 2.13. The molecular weight excluding hydrogens is 240 g/mol. The molecule has 2 heteroatoms. The van der Waals surface area contributed by atoms with Crippen molar-refractivity contribution in [2.45, 2.75) is 13.5 Å². The molecule has 0 atom stereocenters. The molecule has 90 valence electrons. The molecule has 0 spiro atoms. The van der Waals surface area contributed by atoms with Gasteiger partial charge in [0, 0.05) is 9.58 Å². The van der Waals surface area contributed by atoms with Gasteiger partial charge >= 0.3 is 0 Å².